The van der Waals surface area contributed by atoms with Crippen molar-refractivity contribution in [2.45, 2.75) is 37.9 Å². The van der Waals surface area contributed by atoms with Crippen molar-refractivity contribution < 1.29 is 17.9 Å². The predicted molar refractivity (Wildman–Crippen MR) is 73.2 cm³/mol. The first kappa shape index (κ1) is 14.0. The van der Waals surface area contributed by atoms with Gasteiger partial charge in [0.25, 0.3) is 0 Å². The molecule has 0 radical (unpaired) electrons. The summed E-state index contributed by atoms with van der Waals surface area (Å²) in [6.45, 7) is 2.44. The van der Waals surface area contributed by atoms with Crippen molar-refractivity contribution >= 4 is 17.0 Å². The van der Waals surface area contributed by atoms with E-state index in [0.717, 1.165) is 11.0 Å². The van der Waals surface area contributed by atoms with Crippen molar-refractivity contribution in [3.8, 4) is 5.75 Å². The lowest BCUT2D eigenvalue weighted by molar-refractivity contribution is -0.178. The van der Waals surface area contributed by atoms with Crippen LogP contribution in [0.5, 0.6) is 5.75 Å². The molecule has 114 valence electrons. The molecule has 1 aliphatic rings. The molecular formula is C14H16F3N3O. The van der Waals surface area contributed by atoms with E-state index >= 15 is 0 Å². The molecule has 1 aliphatic carbocycles. The Hall–Kier alpha value is -1.92. The number of ether oxygens (including phenoxy) is 1. The molecule has 1 fully saturated rings. The summed E-state index contributed by atoms with van der Waals surface area (Å²) in [6.07, 6.45) is -3.47. The number of hydrogen-bond acceptors (Lipinski definition) is 3. The number of nitrogens with two attached hydrogens (primary N) is 1. The van der Waals surface area contributed by atoms with Crippen LogP contribution in [0.15, 0.2) is 18.2 Å². The maximum Gasteiger partial charge on any atom is 0.412 e. The van der Waals surface area contributed by atoms with E-state index in [0.29, 0.717) is 23.4 Å². The number of nitrogens with zero attached hydrogens (tertiary/aromatic N) is 2. The standard InChI is InChI=1S/C14H16F3N3O/c1-2-8-21-10-5-3-4-9-11(10)19-12(18)20(9)13(6-7-13)14(15,16)17/h3-5H,2,6-8H2,1H3,(H2,18,19). The fraction of sp³-hybridized carbons (Fsp3) is 0.500. The second-order valence-corrected chi connectivity index (χ2v) is 5.31. The maximum atomic E-state index is 13.3. The SMILES string of the molecule is CCCOc1cccc2c1nc(N)n2C1(C(F)(F)F)CC1. The van der Waals surface area contributed by atoms with E-state index in [2.05, 4.69) is 4.98 Å². The van der Waals surface area contributed by atoms with Gasteiger partial charge in [-0.3, -0.25) is 4.57 Å². The van der Waals surface area contributed by atoms with Gasteiger partial charge in [-0.2, -0.15) is 13.2 Å². The predicted octanol–water partition coefficient (Wildman–Crippen LogP) is 3.46. The topological polar surface area (TPSA) is 53.1 Å². The lowest BCUT2D eigenvalue weighted by Gasteiger charge is -2.22. The average molecular weight is 299 g/mol. The zero-order valence-electron chi connectivity index (χ0n) is 11.6. The van der Waals surface area contributed by atoms with E-state index in [4.69, 9.17) is 10.5 Å². The molecule has 7 heteroatoms. The first-order chi connectivity index (χ1) is 9.90. The number of nitrogen functional groups attached to an aromatic ring is 1. The van der Waals surface area contributed by atoms with Crippen LogP contribution in [0.4, 0.5) is 19.1 Å². The van der Waals surface area contributed by atoms with Crippen molar-refractivity contribution in [2.24, 2.45) is 0 Å². The van der Waals surface area contributed by atoms with Crippen molar-refractivity contribution in [2.75, 3.05) is 12.3 Å². The summed E-state index contributed by atoms with van der Waals surface area (Å²) >= 11 is 0. The number of fused-ring (bicyclic) bond motifs is 1. The van der Waals surface area contributed by atoms with Crippen molar-refractivity contribution in [3.05, 3.63) is 18.2 Å². The molecule has 1 saturated carbocycles. The number of aromatic nitrogens is 2. The molecule has 2 N–H and O–H groups in total. The molecule has 2 aromatic rings. The van der Waals surface area contributed by atoms with Crippen LogP contribution in [0.3, 0.4) is 0 Å². The van der Waals surface area contributed by atoms with Crippen LogP contribution in [-0.4, -0.2) is 22.3 Å². The molecule has 0 saturated heterocycles. The number of anilines is 1. The fourth-order valence-electron chi connectivity index (χ4n) is 2.62. The lowest BCUT2D eigenvalue weighted by Crippen LogP contribution is -2.35. The van der Waals surface area contributed by atoms with E-state index in [1.54, 1.807) is 18.2 Å². The Bertz CT molecular complexity index is 674. The van der Waals surface area contributed by atoms with Crippen LogP contribution in [-0.2, 0) is 5.54 Å². The van der Waals surface area contributed by atoms with Gasteiger partial charge >= 0.3 is 6.18 Å². The molecular weight excluding hydrogens is 283 g/mol. The van der Waals surface area contributed by atoms with E-state index < -0.39 is 11.7 Å². The van der Waals surface area contributed by atoms with Gasteiger partial charge in [-0.1, -0.05) is 13.0 Å². The summed E-state index contributed by atoms with van der Waals surface area (Å²) < 4.78 is 46.7. The van der Waals surface area contributed by atoms with Gasteiger partial charge in [0.1, 0.15) is 16.8 Å². The monoisotopic (exact) mass is 299 g/mol. The Kier molecular flexibility index (Phi) is 3.04. The van der Waals surface area contributed by atoms with Gasteiger partial charge < -0.3 is 10.5 Å². The third kappa shape index (κ3) is 2.02. The number of para-hydroxylation sites is 1. The highest BCUT2D eigenvalue weighted by atomic mass is 19.4. The molecule has 0 aliphatic heterocycles. The fourth-order valence-corrected chi connectivity index (χ4v) is 2.62. The highest BCUT2D eigenvalue weighted by Gasteiger charge is 2.66. The average Bonchev–Trinajstić information content (AvgIpc) is 3.14. The Morgan fingerprint density at radius 3 is 2.67 bits per heavy atom. The van der Waals surface area contributed by atoms with Crippen molar-refractivity contribution in [1.29, 1.82) is 0 Å². The highest BCUT2D eigenvalue weighted by molar-refractivity contribution is 5.85. The smallest absolute Gasteiger partial charge is 0.412 e. The first-order valence-corrected chi connectivity index (χ1v) is 6.87. The molecule has 1 aromatic heterocycles. The highest BCUT2D eigenvalue weighted by Crippen LogP contribution is 2.57. The number of halogens is 3. The Morgan fingerprint density at radius 2 is 2.10 bits per heavy atom. The van der Waals surface area contributed by atoms with Crippen LogP contribution < -0.4 is 10.5 Å². The zero-order chi connectivity index (χ0) is 15.3. The van der Waals surface area contributed by atoms with Gasteiger partial charge in [0.15, 0.2) is 0 Å². The van der Waals surface area contributed by atoms with Crippen molar-refractivity contribution in [1.82, 2.24) is 9.55 Å². The Labute approximate surface area is 119 Å². The largest absolute Gasteiger partial charge is 0.491 e. The molecule has 21 heavy (non-hydrogen) atoms. The van der Waals surface area contributed by atoms with Gasteiger partial charge in [0, 0.05) is 0 Å². The normalized spacial score (nSPS) is 17.1. The summed E-state index contributed by atoms with van der Waals surface area (Å²) in [7, 11) is 0. The molecule has 0 amide bonds. The summed E-state index contributed by atoms with van der Waals surface area (Å²) in [5.74, 6) is 0.352. The van der Waals surface area contributed by atoms with E-state index in [-0.39, 0.29) is 18.8 Å². The first-order valence-electron chi connectivity index (χ1n) is 6.87. The number of imidazole rings is 1. The summed E-state index contributed by atoms with van der Waals surface area (Å²) in [5.41, 5.74) is 4.62. The molecule has 1 aromatic carbocycles. The Morgan fingerprint density at radius 1 is 1.38 bits per heavy atom. The van der Waals surface area contributed by atoms with Crippen LogP contribution >= 0.6 is 0 Å². The number of alkyl halides is 3. The quantitative estimate of drug-likeness (QED) is 0.940. The second kappa shape index (κ2) is 4.54. The molecule has 1 heterocycles. The minimum atomic E-state index is -4.34. The lowest BCUT2D eigenvalue weighted by atomic mass is 10.2. The molecule has 0 spiro atoms. The zero-order valence-corrected chi connectivity index (χ0v) is 11.6. The van der Waals surface area contributed by atoms with Gasteiger partial charge in [-0.05, 0) is 31.4 Å². The van der Waals surface area contributed by atoms with Crippen molar-refractivity contribution in [3.63, 3.8) is 0 Å². The van der Waals surface area contributed by atoms with Gasteiger partial charge in [0.2, 0.25) is 5.95 Å². The summed E-state index contributed by atoms with van der Waals surface area (Å²) in [4.78, 5) is 4.10. The van der Waals surface area contributed by atoms with Gasteiger partial charge in [0.05, 0.1) is 12.1 Å². The molecule has 0 bridgehead atoms. The van der Waals surface area contributed by atoms with E-state index in [1.807, 2.05) is 6.92 Å². The third-order valence-corrected chi connectivity index (χ3v) is 3.82. The summed E-state index contributed by atoms with van der Waals surface area (Å²) in [6, 6.07) is 4.96. The number of hydrogen-bond donors (Lipinski definition) is 1. The minimum Gasteiger partial charge on any atom is -0.491 e. The molecule has 0 atom stereocenters. The van der Waals surface area contributed by atoms with Crippen LogP contribution in [0.2, 0.25) is 0 Å². The molecule has 3 rings (SSSR count). The van der Waals surface area contributed by atoms with Gasteiger partial charge in [-0.25, -0.2) is 4.98 Å². The van der Waals surface area contributed by atoms with Crippen LogP contribution in [0.1, 0.15) is 26.2 Å². The second-order valence-electron chi connectivity index (χ2n) is 5.31. The van der Waals surface area contributed by atoms with E-state index in [9.17, 15) is 13.2 Å². The number of benzene rings is 1. The minimum absolute atomic E-state index is 0.0339. The van der Waals surface area contributed by atoms with E-state index in [1.165, 1.54) is 0 Å². The molecule has 4 nitrogen and oxygen atoms in total. The third-order valence-electron chi connectivity index (χ3n) is 3.82. The van der Waals surface area contributed by atoms with Crippen LogP contribution in [0.25, 0.3) is 11.0 Å². The molecule has 0 unspecified atom stereocenters. The van der Waals surface area contributed by atoms with Gasteiger partial charge in [-0.15, -0.1) is 0 Å². The summed E-state index contributed by atoms with van der Waals surface area (Å²) in [5, 5.41) is 0. The maximum absolute atomic E-state index is 13.3. The van der Waals surface area contributed by atoms with Crippen LogP contribution in [0, 0.1) is 0 Å². The Balaban J connectivity index is 2.15. The number of rotatable bonds is 4.